The van der Waals surface area contributed by atoms with Gasteiger partial charge in [0.05, 0.1) is 30.6 Å². The molecule has 0 saturated heterocycles. The number of carbonyl (C=O) groups is 1. The van der Waals surface area contributed by atoms with Crippen LogP contribution in [0.1, 0.15) is 77.2 Å². The van der Waals surface area contributed by atoms with Crippen molar-refractivity contribution in [1.29, 1.82) is 5.26 Å². The number of ketones is 1. The number of hydrogen-bond donors (Lipinski definition) is 1. The zero-order valence-corrected chi connectivity index (χ0v) is 19.4. The Labute approximate surface area is 190 Å². The molecule has 5 rings (SSSR count). The number of rotatable bonds is 4. The van der Waals surface area contributed by atoms with Crippen molar-refractivity contribution in [3.8, 4) is 6.07 Å². The molecule has 0 spiro atoms. The maximum absolute atomic E-state index is 14.8. The summed E-state index contributed by atoms with van der Waals surface area (Å²) in [7, 11) is 0. The molecular weight excluding hydrogens is 405 g/mol. The standard InChI is InChI=1S/C26H36FN3O2/c1-24(32)9-10-26(16-27)18(11-24)3-4-19-20-5-6-22(25(20,2)8-7-21(19)26)23(31)15-30-14-17(12-28)13-29-30/h13-14,18-22,32H,3-11,15-16H2,1-2H3/t18-,19-,20-,21-,22+,24+,25-,26+/m0/s1. The van der Waals surface area contributed by atoms with E-state index in [2.05, 4.69) is 18.1 Å². The molecule has 0 aliphatic heterocycles. The molecule has 4 aliphatic rings. The van der Waals surface area contributed by atoms with Crippen LogP contribution >= 0.6 is 0 Å². The lowest BCUT2D eigenvalue weighted by molar-refractivity contribution is -0.163. The summed E-state index contributed by atoms with van der Waals surface area (Å²) in [5.41, 5.74) is -0.457. The number of nitriles is 1. The summed E-state index contributed by atoms with van der Waals surface area (Å²) in [6.45, 7) is 4.20. The van der Waals surface area contributed by atoms with E-state index >= 15 is 0 Å². The van der Waals surface area contributed by atoms with Gasteiger partial charge in [-0.25, -0.2) is 0 Å². The number of fused-ring (bicyclic) bond motifs is 5. The van der Waals surface area contributed by atoms with E-state index in [0.29, 0.717) is 29.7 Å². The second-order valence-electron chi connectivity index (χ2n) is 11.9. The first-order valence-corrected chi connectivity index (χ1v) is 12.5. The lowest BCUT2D eigenvalue weighted by Crippen LogP contribution is -2.57. The van der Waals surface area contributed by atoms with Crippen molar-refractivity contribution in [2.45, 2.75) is 83.8 Å². The fraction of sp³-hybridized carbons (Fsp3) is 0.808. The van der Waals surface area contributed by atoms with Crippen molar-refractivity contribution in [2.24, 2.45) is 40.4 Å². The van der Waals surface area contributed by atoms with Gasteiger partial charge in [0.2, 0.25) is 0 Å². The van der Waals surface area contributed by atoms with Gasteiger partial charge in [-0.1, -0.05) is 6.92 Å². The summed E-state index contributed by atoms with van der Waals surface area (Å²) in [6.07, 6.45) is 11.5. The van der Waals surface area contributed by atoms with Crippen molar-refractivity contribution in [2.75, 3.05) is 6.67 Å². The number of nitrogens with zero attached hydrogens (tertiary/aromatic N) is 3. The molecular formula is C26H36FN3O2. The molecule has 4 aliphatic carbocycles. The van der Waals surface area contributed by atoms with Gasteiger partial charge in [-0.2, -0.15) is 10.4 Å². The Morgan fingerprint density at radius 1 is 1.22 bits per heavy atom. The molecule has 8 atom stereocenters. The minimum atomic E-state index is -0.651. The lowest BCUT2D eigenvalue weighted by atomic mass is 9.43. The largest absolute Gasteiger partial charge is 0.390 e. The molecule has 0 amide bonds. The van der Waals surface area contributed by atoms with E-state index in [1.807, 2.05) is 6.92 Å². The third-order valence-corrected chi connectivity index (χ3v) is 10.4. The molecule has 1 heterocycles. The number of alkyl halides is 1. The molecule has 1 aromatic heterocycles. The topological polar surface area (TPSA) is 78.9 Å². The van der Waals surface area contributed by atoms with E-state index in [4.69, 9.17) is 5.26 Å². The fourth-order valence-corrected chi connectivity index (χ4v) is 8.80. The summed E-state index contributed by atoms with van der Waals surface area (Å²) in [4.78, 5) is 13.3. The number of halogens is 1. The zero-order chi connectivity index (χ0) is 22.7. The van der Waals surface area contributed by atoms with E-state index in [1.54, 1.807) is 10.9 Å². The second-order valence-corrected chi connectivity index (χ2v) is 11.9. The Hall–Kier alpha value is -1.74. The number of Topliss-reactive ketones (excluding diaryl/α,β-unsaturated/α-hetero) is 1. The Bertz CT molecular complexity index is 936. The molecule has 174 valence electrons. The summed E-state index contributed by atoms with van der Waals surface area (Å²) in [5.74, 6) is 1.90. The molecule has 1 aromatic rings. The van der Waals surface area contributed by atoms with Gasteiger partial charge >= 0.3 is 0 Å². The van der Waals surface area contributed by atoms with Crippen LogP contribution in [0.5, 0.6) is 0 Å². The molecule has 4 saturated carbocycles. The van der Waals surface area contributed by atoms with Gasteiger partial charge in [0.15, 0.2) is 5.78 Å². The number of aromatic nitrogens is 2. The fourth-order valence-electron chi connectivity index (χ4n) is 8.80. The predicted octanol–water partition coefficient (Wildman–Crippen LogP) is 4.68. The second kappa shape index (κ2) is 7.65. The predicted molar refractivity (Wildman–Crippen MR) is 118 cm³/mol. The molecule has 4 fully saturated rings. The van der Waals surface area contributed by atoms with Crippen molar-refractivity contribution < 1.29 is 14.3 Å². The Kier molecular flexibility index (Phi) is 5.28. The van der Waals surface area contributed by atoms with Crippen LogP contribution in [0.2, 0.25) is 0 Å². The van der Waals surface area contributed by atoms with Crippen molar-refractivity contribution in [1.82, 2.24) is 9.78 Å². The Morgan fingerprint density at radius 2 is 2.03 bits per heavy atom. The quantitative estimate of drug-likeness (QED) is 0.736. The number of aliphatic hydroxyl groups is 1. The van der Waals surface area contributed by atoms with Crippen molar-refractivity contribution in [3.05, 3.63) is 18.0 Å². The zero-order valence-electron chi connectivity index (χ0n) is 19.4. The van der Waals surface area contributed by atoms with E-state index in [0.717, 1.165) is 51.4 Å². The van der Waals surface area contributed by atoms with Crippen molar-refractivity contribution in [3.63, 3.8) is 0 Å². The van der Waals surface area contributed by atoms with Crippen LogP contribution in [-0.2, 0) is 11.3 Å². The molecule has 5 nitrogen and oxygen atoms in total. The Balaban J connectivity index is 1.35. The first-order chi connectivity index (χ1) is 15.2. The number of carbonyl (C=O) groups excluding carboxylic acids is 1. The summed E-state index contributed by atoms with van der Waals surface area (Å²) >= 11 is 0. The van der Waals surface area contributed by atoms with Gasteiger partial charge in [0.1, 0.15) is 6.07 Å². The highest BCUT2D eigenvalue weighted by Gasteiger charge is 2.63. The minimum Gasteiger partial charge on any atom is -0.390 e. The average molecular weight is 442 g/mol. The highest BCUT2D eigenvalue weighted by molar-refractivity contribution is 5.82. The Morgan fingerprint density at radius 3 is 2.75 bits per heavy atom. The van der Waals surface area contributed by atoms with Crippen LogP contribution in [-0.4, -0.2) is 32.9 Å². The van der Waals surface area contributed by atoms with Crippen LogP contribution < -0.4 is 0 Å². The van der Waals surface area contributed by atoms with Gasteiger partial charge in [-0.3, -0.25) is 13.9 Å². The first kappa shape index (κ1) is 22.1. The molecule has 1 N–H and O–H groups in total. The van der Waals surface area contributed by atoms with Gasteiger partial charge in [-0.05, 0) is 93.8 Å². The van der Waals surface area contributed by atoms with Gasteiger partial charge < -0.3 is 5.11 Å². The molecule has 0 aromatic carbocycles. The monoisotopic (exact) mass is 441 g/mol. The maximum atomic E-state index is 14.8. The van der Waals surface area contributed by atoms with E-state index in [1.165, 1.54) is 6.20 Å². The average Bonchev–Trinajstić information content (AvgIpc) is 3.36. The van der Waals surface area contributed by atoms with Gasteiger partial charge in [0, 0.05) is 17.5 Å². The normalized spacial score (nSPS) is 45.4. The summed E-state index contributed by atoms with van der Waals surface area (Å²) < 4.78 is 16.4. The highest BCUT2D eigenvalue weighted by Crippen LogP contribution is 2.68. The molecule has 32 heavy (non-hydrogen) atoms. The van der Waals surface area contributed by atoms with Crippen LogP contribution in [0, 0.1) is 51.8 Å². The maximum Gasteiger partial charge on any atom is 0.157 e. The van der Waals surface area contributed by atoms with Crippen LogP contribution in [0.4, 0.5) is 4.39 Å². The SMILES string of the molecule is C[C@@]1(O)CC[C@@]2(CF)[C@@H](CC[C@H]3[C@@H]4CC[C@H](C(=O)Cn5cc(C#N)cn5)[C@@]4(C)CC[C@@H]32)C1. The van der Waals surface area contributed by atoms with Crippen LogP contribution in [0.15, 0.2) is 12.4 Å². The van der Waals surface area contributed by atoms with Crippen LogP contribution in [0.25, 0.3) is 0 Å². The molecule has 0 bridgehead atoms. The third kappa shape index (κ3) is 3.26. The minimum absolute atomic E-state index is 0.0199. The summed E-state index contributed by atoms with van der Waals surface area (Å²) in [6, 6.07) is 2.07. The van der Waals surface area contributed by atoms with Gasteiger partial charge in [0.25, 0.3) is 0 Å². The molecule has 0 unspecified atom stereocenters. The van der Waals surface area contributed by atoms with E-state index < -0.39 is 5.60 Å². The van der Waals surface area contributed by atoms with Gasteiger partial charge in [-0.15, -0.1) is 0 Å². The van der Waals surface area contributed by atoms with E-state index in [-0.39, 0.29) is 41.7 Å². The number of hydrogen-bond acceptors (Lipinski definition) is 4. The summed E-state index contributed by atoms with van der Waals surface area (Å²) in [5, 5.41) is 23.9. The first-order valence-electron chi connectivity index (χ1n) is 12.5. The molecule has 6 heteroatoms. The third-order valence-electron chi connectivity index (χ3n) is 10.4. The highest BCUT2D eigenvalue weighted by atomic mass is 19.1. The lowest BCUT2D eigenvalue weighted by Gasteiger charge is -2.62. The molecule has 0 radical (unpaired) electrons. The van der Waals surface area contributed by atoms with Crippen molar-refractivity contribution >= 4 is 5.78 Å². The van der Waals surface area contributed by atoms with E-state index in [9.17, 15) is 14.3 Å². The smallest absolute Gasteiger partial charge is 0.157 e. The van der Waals surface area contributed by atoms with Crippen LogP contribution in [0.3, 0.4) is 0 Å².